The van der Waals surface area contributed by atoms with Crippen LogP contribution < -0.4 is 5.32 Å². The standard InChI is InChI=1S/C17H26N4O3/c1-17(2,3)24-16(23)19-7-8-21-10-9-20(13-15(21)22)12-14-5-4-6-18-11-14/h4-6,11H,7-10,12-13H2,1-3H3,(H,19,23). The van der Waals surface area contributed by atoms with Crippen molar-refractivity contribution in [3.05, 3.63) is 30.1 Å². The molecule has 0 aliphatic carbocycles. The molecule has 0 unspecified atom stereocenters. The van der Waals surface area contributed by atoms with Crippen LogP contribution >= 0.6 is 0 Å². The van der Waals surface area contributed by atoms with Crippen molar-refractivity contribution in [1.82, 2.24) is 20.1 Å². The first-order chi connectivity index (χ1) is 11.3. The molecule has 1 aromatic heterocycles. The van der Waals surface area contributed by atoms with Gasteiger partial charge in [0.1, 0.15) is 5.60 Å². The van der Waals surface area contributed by atoms with Gasteiger partial charge in [0.15, 0.2) is 0 Å². The van der Waals surface area contributed by atoms with Gasteiger partial charge in [-0.05, 0) is 32.4 Å². The minimum absolute atomic E-state index is 0.0797. The van der Waals surface area contributed by atoms with Gasteiger partial charge in [0.25, 0.3) is 0 Å². The molecule has 1 aliphatic heterocycles. The quantitative estimate of drug-likeness (QED) is 0.877. The number of ether oxygens (including phenoxy) is 1. The molecule has 1 aliphatic rings. The number of carbonyl (C=O) groups excluding carboxylic acids is 2. The molecule has 0 atom stereocenters. The van der Waals surface area contributed by atoms with Crippen molar-refractivity contribution in [3.8, 4) is 0 Å². The zero-order valence-corrected chi connectivity index (χ0v) is 14.6. The fourth-order valence-corrected chi connectivity index (χ4v) is 2.49. The maximum absolute atomic E-state index is 12.2. The number of alkyl carbamates (subject to hydrolysis) is 1. The zero-order chi connectivity index (χ0) is 17.6. The summed E-state index contributed by atoms with van der Waals surface area (Å²) in [6.45, 7) is 8.93. The third-order valence-corrected chi connectivity index (χ3v) is 3.58. The Morgan fingerprint density at radius 3 is 2.79 bits per heavy atom. The molecule has 0 aromatic carbocycles. The van der Waals surface area contributed by atoms with Crippen LogP contribution in [-0.4, -0.2) is 65.1 Å². The topological polar surface area (TPSA) is 74.8 Å². The van der Waals surface area contributed by atoms with Crippen LogP contribution in [0, 0.1) is 0 Å². The molecule has 2 rings (SSSR count). The fraction of sp³-hybridized carbons (Fsp3) is 0.588. The lowest BCUT2D eigenvalue weighted by Crippen LogP contribution is -2.51. The zero-order valence-electron chi connectivity index (χ0n) is 14.6. The summed E-state index contributed by atoms with van der Waals surface area (Å²) in [4.78, 5) is 31.8. The SMILES string of the molecule is CC(C)(C)OC(=O)NCCN1CCN(Cc2cccnc2)CC1=O. The molecule has 2 heterocycles. The number of aromatic nitrogens is 1. The molecule has 1 aromatic rings. The predicted octanol–water partition coefficient (Wildman–Crippen LogP) is 1.25. The van der Waals surface area contributed by atoms with Gasteiger partial charge in [0, 0.05) is 45.1 Å². The average Bonchev–Trinajstić information content (AvgIpc) is 2.49. The molecule has 7 nitrogen and oxygen atoms in total. The van der Waals surface area contributed by atoms with Gasteiger partial charge in [0.05, 0.1) is 6.54 Å². The van der Waals surface area contributed by atoms with Crippen molar-refractivity contribution in [3.63, 3.8) is 0 Å². The molecule has 0 spiro atoms. The van der Waals surface area contributed by atoms with Crippen molar-refractivity contribution in [2.24, 2.45) is 0 Å². The maximum Gasteiger partial charge on any atom is 0.407 e. The molecule has 1 N–H and O–H groups in total. The van der Waals surface area contributed by atoms with Gasteiger partial charge in [-0.1, -0.05) is 6.07 Å². The summed E-state index contributed by atoms with van der Waals surface area (Å²) in [6.07, 6.45) is 3.11. The molecule has 132 valence electrons. The molecular formula is C17H26N4O3. The van der Waals surface area contributed by atoms with E-state index in [1.807, 2.05) is 39.1 Å². The second-order valence-electron chi connectivity index (χ2n) is 6.88. The summed E-state index contributed by atoms with van der Waals surface area (Å²) in [5, 5.41) is 2.68. The highest BCUT2D eigenvalue weighted by Crippen LogP contribution is 2.09. The van der Waals surface area contributed by atoms with E-state index in [0.717, 1.165) is 18.7 Å². The van der Waals surface area contributed by atoms with E-state index < -0.39 is 11.7 Å². The first-order valence-electron chi connectivity index (χ1n) is 8.19. The lowest BCUT2D eigenvalue weighted by molar-refractivity contribution is -0.136. The summed E-state index contributed by atoms with van der Waals surface area (Å²) in [6, 6.07) is 3.91. The van der Waals surface area contributed by atoms with E-state index in [1.165, 1.54) is 0 Å². The van der Waals surface area contributed by atoms with Crippen molar-refractivity contribution in [1.29, 1.82) is 0 Å². The molecule has 2 amide bonds. The van der Waals surface area contributed by atoms with Gasteiger partial charge >= 0.3 is 6.09 Å². The monoisotopic (exact) mass is 334 g/mol. The van der Waals surface area contributed by atoms with Crippen LogP contribution in [0.15, 0.2) is 24.5 Å². The van der Waals surface area contributed by atoms with Crippen LogP contribution in [0.1, 0.15) is 26.3 Å². The average molecular weight is 334 g/mol. The van der Waals surface area contributed by atoms with Crippen molar-refractivity contribution < 1.29 is 14.3 Å². The first kappa shape index (κ1) is 18.2. The predicted molar refractivity (Wildman–Crippen MR) is 90.3 cm³/mol. The number of nitrogens with one attached hydrogen (secondary N) is 1. The smallest absolute Gasteiger partial charge is 0.407 e. The van der Waals surface area contributed by atoms with Crippen molar-refractivity contribution >= 4 is 12.0 Å². The minimum atomic E-state index is -0.516. The third-order valence-electron chi connectivity index (χ3n) is 3.58. The highest BCUT2D eigenvalue weighted by atomic mass is 16.6. The van der Waals surface area contributed by atoms with Crippen LogP contribution in [0.5, 0.6) is 0 Å². The van der Waals surface area contributed by atoms with Crippen LogP contribution in [0.4, 0.5) is 4.79 Å². The van der Waals surface area contributed by atoms with E-state index in [-0.39, 0.29) is 5.91 Å². The molecule has 1 saturated heterocycles. The van der Waals surface area contributed by atoms with Crippen LogP contribution in [0.3, 0.4) is 0 Å². The summed E-state index contributed by atoms with van der Waals surface area (Å²) < 4.78 is 5.17. The molecule has 0 radical (unpaired) electrons. The van der Waals surface area contributed by atoms with Gasteiger partial charge in [-0.15, -0.1) is 0 Å². The van der Waals surface area contributed by atoms with E-state index in [1.54, 1.807) is 11.1 Å². The van der Waals surface area contributed by atoms with E-state index in [2.05, 4.69) is 15.2 Å². The Labute approximate surface area is 143 Å². The van der Waals surface area contributed by atoms with Crippen LogP contribution in [0.2, 0.25) is 0 Å². The van der Waals surface area contributed by atoms with Crippen molar-refractivity contribution in [2.45, 2.75) is 32.9 Å². The summed E-state index contributed by atoms with van der Waals surface area (Å²) in [5.41, 5.74) is 0.586. The number of nitrogens with zero attached hydrogens (tertiary/aromatic N) is 3. The van der Waals surface area contributed by atoms with E-state index in [9.17, 15) is 9.59 Å². The molecule has 1 fully saturated rings. The molecule has 0 bridgehead atoms. The number of hydrogen-bond acceptors (Lipinski definition) is 5. The lowest BCUT2D eigenvalue weighted by atomic mass is 10.2. The number of amides is 2. The second-order valence-corrected chi connectivity index (χ2v) is 6.88. The maximum atomic E-state index is 12.2. The van der Waals surface area contributed by atoms with E-state index in [0.29, 0.717) is 26.2 Å². The highest BCUT2D eigenvalue weighted by molar-refractivity contribution is 5.79. The number of carbonyl (C=O) groups is 2. The number of rotatable bonds is 5. The van der Waals surface area contributed by atoms with Crippen LogP contribution in [-0.2, 0) is 16.1 Å². The molecule has 24 heavy (non-hydrogen) atoms. The summed E-state index contributed by atoms with van der Waals surface area (Å²) in [5.74, 6) is 0.0797. The Morgan fingerprint density at radius 1 is 1.38 bits per heavy atom. The van der Waals surface area contributed by atoms with Gasteiger partial charge < -0.3 is 15.0 Å². The molecular weight excluding hydrogens is 308 g/mol. The van der Waals surface area contributed by atoms with Gasteiger partial charge in [-0.3, -0.25) is 14.7 Å². The van der Waals surface area contributed by atoms with Crippen LogP contribution in [0.25, 0.3) is 0 Å². The fourth-order valence-electron chi connectivity index (χ4n) is 2.49. The Balaban J connectivity index is 1.70. The Bertz CT molecular complexity index is 557. The number of hydrogen-bond donors (Lipinski definition) is 1. The van der Waals surface area contributed by atoms with E-state index in [4.69, 9.17) is 4.74 Å². The van der Waals surface area contributed by atoms with Gasteiger partial charge in [0.2, 0.25) is 5.91 Å². The normalized spacial score (nSPS) is 16.1. The number of piperazine rings is 1. The Kier molecular flexibility index (Phi) is 6.14. The van der Waals surface area contributed by atoms with E-state index >= 15 is 0 Å². The number of pyridine rings is 1. The molecule has 7 heteroatoms. The largest absolute Gasteiger partial charge is 0.444 e. The van der Waals surface area contributed by atoms with Gasteiger partial charge in [-0.25, -0.2) is 4.79 Å². The highest BCUT2D eigenvalue weighted by Gasteiger charge is 2.24. The van der Waals surface area contributed by atoms with Gasteiger partial charge in [-0.2, -0.15) is 0 Å². The second kappa shape index (κ2) is 8.10. The lowest BCUT2D eigenvalue weighted by Gasteiger charge is -2.34. The van der Waals surface area contributed by atoms with Crippen molar-refractivity contribution in [2.75, 3.05) is 32.7 Å². The third kappa shape index (κ3) is 6.16. The minimum Gasteiger partial charge on any atom is -0.444 e. The first-order valence-corrected chi connectivity index (χ1v) is 8.19. The summed E-state index contributed by atoms with van der Waals surface area (Å²) in [7, 11) is 0. The summed E-state index contributed by atoms with van der Waals surface area (Å²) >= 11 is 0. The Morgan fingerprint density at radius 2 is 2.17 bits per heavy atom. The molecule has 0 saturated carbocycles. The Hall–Kier alpha value is -2.15.